The van der Waals surface area contributed by atoms with Gasteiger partial charge in [-0.05, 0) is 30.5 Å². The summed E-state index contributed by atoms with van der Waals surface area (Å²) in [4.78, 5) is 2.37. The molecule has 2 aromatic rings. The number of piperazine rings is 1. The number of benzene rings is 1. The van der Waals surface area contributed by atoms with E-state index in [-0.39, 0.29) is 36.7 Å². The molecule has 0 amide bonds. The standard InChI is InChI=1S/C17H22FN5.2ClH/c1-22-16(20-21-17(22)12-5-6-12)11-23-8-7-19-10-15(23)13-3-2-4-14(18)9-13;;/h2-4,9,12,15,19H,5-8,10-11H2,1H3;2*1H. The van der Waals surface area contributed by atoms with Crippen LogP contribution in [0.4, 0.5) is 4.39 Å². The Morgan fingerprint density at radius 2 is 2.04 bits per heavy atom. The molecular formula is C17H24Cl2FN5. The molecule has 2 aliphatic rings. The Kier molecular flexibility index (Phi) is 6.79. The first-order valence-electron chi connectivity index (χ1n) is 8.31. The Morgan fingerprint density at radius 3 is 2.76 bits per heavy atom. The van der Waals surface area contributed by atoms with E-state index in [1.54, 1.807) is 12.1 Å². The zero-order valence-electron chi connectivity index (χ0n) is 14.2. The predicted molar refractivity (Wildman–Crippen MR) is 99.9 cm³/mol. The highest BCUT2D eigenvalue weighted by Crippen LogP contribution is 2.39. The fraction of sp³-hybridized carbons (Fsp3) is 0.529. The van der Waals surface area contributed by atoms with Crippen LogP contribution >= 0.6 is 24.8 Å². The third-order valence-electron chi connectivity index (χ3n) is 4.87. The lowest BCUT2D eigenvalue weighted by Gasteiger charge is -2.36. The Bertz CT molecular complexity index is 704. The second-order valence-corrected chi connectivity index (χ2v) is 6.55. The highest BCUT2D eigenvalue weighted by Gasteiger charge is 2.30. The van der Waals surface area contributed by atoms with Crippen LogP contribution < -0.4 is 5.32 Å². The van der Waals surface area contributed by atoms with E-state index in [1.807, 2.05) is 6.07 Å². The summed E-state index contributed by atoms with van der Waals surface area (Å²) in [6.45, 7) is 3.45. The molecule has 4 rings (SSSR count). The van der Waals surface area contributed by atoms with Gasteiger partial charge in [-0.1, -0.05) is 12.1 Å². The molecule has 0 bridgehead atoms. The molecule has 1 saturated carbocycles. The van der Waals surface area contributed by atoms with Gasteiger partial charge in [0.15, 0.2) is 0 Å². The zero-order valence-corrected chi connectivity index (χ0v) is 15.8. The van der Waals surface area contributed by atoms with Crippen molar-refractivity contribution in [2.75, 3.05) is 19.6 Å². The van der Waals surface area contributed by atoms with Crippen LogP contribution in [0.3, 0.4) is 0 Å². The maximum absolute atomic E-state index is 13.6. The minimum absolute atomic E-state index is 0. The Balaban J connectivity index is 0.00000113. The molecule has 8 heteroatoms. The summed E-state index contributed by atoms with van der Waals surface area (Å²) in [5, 5.41) is 12.2. The molecule has 1 unspecified atom stereocenters. The fourth-order valence-corrected chi connectivity index (χ4v) is 3.37. The highest BCUT2D eigenvalue weighted by molar-refractivity contribution is 5.85. The van der Waals surface area contributed by atoms with E-state index < -0.39 is 0 Å². The lowest BCUT2D eigenvalue weighted by molar-refractivity contribution is 0.148. The van der Waals surface area contributed by atoms with E-state index in [4.69, 9.17) is 0 Å². The topological polar surface area (TPSA) is 46.0 Å². The van der Waals surface area contributed by atoms with Crippen molar-refractivity contribution in [3.05, 3.63) is 47.3 Å². The number of hydrogen-bond donors (Lipinski definition) is 1. The zero-order chi connectivity index (χ0) is 15.8. The maximum Gasteiger partial charge on any atom is 0.146 e. The molecule has 25 heavy (non-hydrogen) atoms. The van der Waals surface area contributed by atoms with Crippen molar-refractivity contribution in [1.82, 2.24) is 25.0 Å². The van der Waals surface area contributed by atoms with Gasteiger partial charge in [0, 0.05) is 38.6 Å². The number of nitrogens with zero attached hydrogens (tertiary/aromatic N) is 4. The smallest absolute Gasteiger partial charge is 0.146 e. The minimum Gasteiger partial charge on any atom is -0.317 e. The van der Waals surface area contributed by atoms with Crippen LogP contribution in [-0.2, 0) is 13.6 Å². The molecule has 2 heterocycles. The minimum atomic E-state index is -0.178. The lowest BCUT2D eigenvalue weighted by Crippen LogP contribution is -2.45. The summed E-state index contributed by atoms with van der Waals surface area (Å²) in [5.41, 5.74) is 1.02. The molecular weight excluding hydrogens is 364 g/mol. The van der Waals surface area contributed by atoms with Crippen LogP contribution in [-0.4, -0.2) is 39.3 Å². The van der Waals surface area contributed by atoms with E-state index in [1.165, 1.54) is 18.9 Å². The number of halogens is 3. The molecule has 1 saturated heterocycles. The fourth-order valence-electron chi connectivity index (χ4n) is 3.37. The van der Waals surface area contributed by atoms with Crippen LogP contribution in [0, 0.1) is 5.82 Å². The Morgan fingerprint density at radius 1 is 1.24 bits per heavy atom. The molecule has 1 aliphatic heterocycles. The van der Waals surface area contributed by atoms with Gasteiger partial charge in [0.1, 0.15) is 17.5 Å². The summed E-state index contributed by atoms with van der Waals surface area (Å²) in [6.07, 6.45) is 2.46. The molecule has 1 atom stereocenters. The monoisotopic (exact) mass is 387 g/mol. The Labute approximate surface area is 159 Å². The van der Waals surface area contributed by atoms with Crippen LogP contribution in [0.25, 0.3) is 0 Å². The van der Waals surface area contributed by atoms with E-state index in [0.29, 0.717) is 5.92 Å². The molecule has 2 fully saturated rings. The number of nitrogens with one attached hydrogen (secondary N) is 1. The van der Waals surface area contributed by atoms with E-state index in [9.17, 15) is 4.39 Å². The van der Waals surface area contributed by atoms with Crippen molar-refractivity contribution in [3.8, 4) is 0 Å². The first kappa shape index (κ1) is 20.1. The lowest BCUT2D eigenvalue weighted by atomic mass is 10.0. The van der Waals surface area contributed by atoms with Crippen molar-refractivity contribution in [3.63, 3.8) is 0 Å². The second kappa shape index (κ2) is 8.45. The van der Waals surface area contributed by atoms with Crippen LogP contribution in [0.5, 0.6) is 0 Å². The van der Waals surface area contributed by atoms with Crippen molar-refractivity contribution < 1.29 is 4.39 Å². The summed E-state index contributed by atoms with van der Waals surface area (Å²) < 4.78 is 15.7. The van der Waals surface area contributed by atoms with Gasteiger partial charge in [-0.2, -0.15) is 0 Å². The van der Waals surface area contributed by atoms with Crippen LogP contribution in [0.2, 0.25) is 0 Å². The van der Waals surface area contributed by atoms with Gasteiger partial charge in [-0.15, -0.1) is 35.0 Å². The molecule has 1 aromatic heterocycles. The molecule has 1 aliphatic carbocycles. The van der Waals surface area contributed by atoms with Gasteiger partial charge in [0.05, 0.1) is 6.54 Å². The molecule has 0 spiro atoms. The number of aromatic nitrogens is 3. The number of hydrogen-bond acceptors (Lipinski definition) is 4. The maximum atomic E-state index is 13.6. The van der Waals surface area contributed by atoms with E-state index in [0.717, 1.165) is 43.4 Å². The first-order chi connectivity index (χ1) is 11.2. The largest absolute Gasteiger partial charge is 0.317 e. The van der Waals surface area contributed by atoms with Crippen molar-refractivity contribution >= 4 is 24.8 Å². The molecule has 138 valence electrons. The van der Waals surface area contributed by atoms with Gasteiger partial charge in [0.2, 0.25) is 0 Å². The second-order valence-electron chi connectivity index (χ2n) is 6.55. The van der Waals surface area contributed by atoms with Gasteiger partial charge >= 0.3 is 0 Å². The average Bonchev–Trinajstić information content (AvgIpc) is 3.33. The molecule has 5 nitrogen and oxygen atoms in total. The van der Waals surface area contributed by atoms with Crippen molar-refractivity contribution in [2.45, 2.75) is 31.3 Å². The Hall–Kier alpha value is -1.21. The van der Waals surface area contributed by atoms with Crippen LogP contribution in [0.1, 0.15) is 42.0 Å². The third-order valence-corrected chi connectivity index (χ3v) is 4.87. The normalized spacial score (nSPS) is 20.6. The summed E-state index contributed by atoms with van der Waals surface area (Å²) in [5.74, 6) is 2.53. The van der Waals surface area contributed by atoms with E-state index >= 15 is 0 Å². The molecule has 1 aromatic carbocycles. The third kappa shape index (κ3) is 4.31. The predicted octanol–water partition coefficient (Wildman–Crippen LogP) is 2.82. The summed E-state index contributed by atoms with van der Waals surface area (Å²) in [7, 11) is 2.06. The van der Waals surface area contributed by atoms with Gasteiger partial charge < -0.3 is 9.88 Å². The average molecular weight is 388 g/mol. The first-order valence-corrected chi connectivity index (χ1v) is 8.31. The van der Waals surface area contributed by atoms with E-state index in [2.05, 4.69) is 32.0 Å². The SMILES string of the molecule is Cl.Cl.Cn1c(CN2CCNCC2c2cccc(F)c2)nnc1C1CC1. The number of rotatable bonds is 4. The van der Waals surface area contributed by atoms with Gasteiger partial charge in [-0.25, -0.2) is 4.39 Å². The highest BCUT2D eigenvalue weighted by atomic mass is 35.5. The molecule has 0 radical (unpaired) electrons. The quantitative estimate of drug-likeness (QED) is 0.875. The van der Waals surface area contributed by atoms with Crippen LogP contribution in [0.15, 0.2) is 24.3 Å². The van der Waals surface area contributed by atoms with Gasteiger partial charge in [-0.3, -0.25) is 4.90 Å². The summed E-state index contributed by atoms with van der Waals surface area (Å²) in [6, 6.07) is 7.08. The molecule has 1 N–H and O–H groups in total. The van der Waals surface area contributed by atoms with Gasteiger partial charge in [0.25, 0.3) is 0 Å². The van der Waals surface area contributed by atoms with Crippen molar-refractivity contribution in [1.29, 1.82) is 0 Å². The summed E-state index contributed by atoms with van der Waals surface area (Å²) >= 11 is 0. The van der Waals surface area contributed by atoms with Crippen molar-refractivity contribution in [2.24, 2.45) is 7.05 Å².